The van der Waals surface area contributed by atoms with Gasteiger partial charge in [-0.1, -0.05) is 24.6 Å². The first-order chi connectivity index (χ1) is 5.24. The van der Waals surface area contributed by atoms with Crippen LogP contribution in [-0.2, 0) is 0 Å². The molecule has 64 valence electrons. The largest absolute Gasteiger partial charge is 0.316 e. The molecule has 0 fully saturated rings. The lowest BCUT2D eigenvalue weighted by Crippen LogP contribution is -2.09. The molecule has 0 bridgehead atoms. The molecule has 0 aromatic heterocycles. The molecule has 11 heavy (non-hydrogen) atoms. The fourth-order valence-electron chi connectivity index (χ4n) is 0.859. The van der Waals surface area contributed by atoms with E-state index in [9.17, 15) is 0 Å². The summed E-state index contributed by atoms with van der Waals surface area (Å²) in [7, 11) is 1.97. The van der Waals surface area contributed by atoms with Crippen molar-refractivity contribution in [2.24, 2.45) is 0 Å². The molecule has 0 rings (SSSR count). The summed E-state index contributed by atoms with van der Waals surface area (Å²) in [5, 5.41) is 3.14. The normalized spacial score (nSPS) is 13.8. The van der Waals surface area contributed by atoms with Crippen molar-refractivity contribution in [1.29, 1.82) is 0 Å². The summed E-state index contributed by atoms with van der Waals surface area (Å²) in [5.41, 5.74) is 2.81. The molecule has 0 spiro atoms. The second-order valence-electron chi connectivity index (χ2n) is 2.74. The second-order valence-corrected chi connectivity index (χ2v) is 2.74. The molecule has 0 aliphatic carbocycles. The van der Waals surface area contributed by atoms with Crippen LogP contribution in [0.25, 0.3) is 0 Å². The molecule has 0 saturated carbocycles. The van der Waals surface area contributed by atoms with Crippen molar-refractivity contribution in [3.63, 3.8) is 0 Å². The van der Waals surface area contributed by atoms with Crippen molar-refractivity contribution in [3.05, 3.63) is 23.3 Å². The SMILES string of the molecule is C/C=C(\C=C(\C)CC)CNC. The van der Waals surface area contributed by atoms with E-state index in [0.29, 0.717) is 0 Å². The topological polar surface area (TPSA) is 12.0 Å². The standard InChI is InChI=1S/C10H19N/c1-5-9(3)7-10(6-2)8-11-4/h6-7,11H,5,8H2,1-4H3/b9-7-,10-6+. The highest BCUT2D eigenvalue weighted by molar-refractivity contribution is 5.23. The van der Waals surface area contributed by atoms with E-state index in [4.69, 9.17) is 0 Å². The predicted octanol–water partition coefficient (Wildman–Crippen LogP) is 2.51. The summed E-state index contributed by atoms with van der Waals surface area (Å²) in [6, 6.07) is 0. The third-order valence-corrected chi connectivity index (χ3v) is 1.74. The Hall–Kier alpha value is -0.560. The molecular formula is C10H19N. The molecule has 0 saturated heterocycles. The fraction of sp³-hybridized carbons (Fsp3) is 0.600. The van der Waals surface area contributed by atoms with E-state index in [2.05, 4.69) is 38.2 Å². The highest BCUT2D eigenvalue weighted by atomic mass is 14.8. The first-order valence-electron chi connectivity index (χ1n) is 4.21. The molecule has 0 aliphatic rings. The highest BCUT2D eigenvalue weighted by Crippen LogP contribution is 2.04. The van der Waals surface area contributed by atoms with Crippen LogP contribution in [0.2, 0.25) is 0 Å². The van der Waals surface area contributed by atoms with Crippen molar-refractivity contribution >= 4 is 0 Å². The monoisotopic (exact) mass is 153 g/mol. The number of rotatable bonds is 4. The van der Waals surface area contributed by atoms with Crippen LogP contribution in [0.3, 0.4) is 0 Å². The molecule has 0 heterocycles. The molecule has 1 N–H and O–H groups in total. The van der Waals surface area contributed by atoms with Gasteiger partial charge in [-0.25, -0.2) is 0 Å². The van der Waals surface area contributed by atoms with Gasteiger partial charge in [0, 0.05) is 6.54 Å². The van der Waals surface area contributed by atoms with Gasteiger partial charge in [0.2, 0.25) is 0 Å². The Morgan fingerprint density at radius 2 is 2.09 bits per heavy atom. The number of hydrogen-bond acceptors (Lipinski definition) is 1. The Kier molecular flexibility index (Phi) is 5.86. The summed E-state index contributed by atoms with van der Waals surface area (Å²) in [4.78, 5) is 0. The number of likely N-dealkylation sites (N-methyl/N-ethyl adjacent to an activating group) is 1. The van der Waals surface area contributed by atoms with E-state index in [0.717, 1.165) is 13.0 Å². The van der Waals surface area contributed by atoms with Gasteiger partial charge in [-0.15, -0.1) is 0 Å². The number of nitrogens with one attached hydrogen (secondary N) is 1. The zero-order valence-corrected chi connectivity index (χ0v) is 8.07. The molecule has 0 radical (unpaired) electrons. The number of allylic oxidation sites excluding steroid dienone is 2. The van der Waals surface area contributed by atoms with Crippen LogP contribution < -0.4 is 5.32 Å². The Morgan fingerprint density at radius 3 is 2.45 bits per heavy atom. The third kappa shape index (κ3) is 4.79. The van der Waals surface area contributed by atoms with Gasteiger partial charge in [-0.05, 0) is 32.9 Å². The van der Waals surface area contributed by atoms with Crippen LogP contribution in [0.4, 0.5) is 0 Å². The van der Waals surface area contributed by atoms with Crippen LogP contribution in [0.5, 0.6) is 0 Å². The maximum Gasteiger partial charge on any atom is 0.0199 e. The smallest absolute Gasteiger partial charge is 0.0199 e. The zero-order valence-electron chi connectivity index (χ0n) is 8.07. The average molecular weight is 153 g/mol. The van der Waals surface area contributed by atoms with Gasteiger partial charge in [-0.2, -0.15) is 0 Å². The Bertz CT molecular complexity index is 154. The molecule has 0 amide bonds. The summed E-state index contributed by atoms with van der Waals surface area (Å²) < 4.78 is 0. The molecule has 1 heteroatoms. The van der Waals surface area contributed by atoms with Gasteiger partial charge >= 0.3 is 0 Å². The highest BCUT2D eigenvalue weighted by Gasteiger charge is 1.89. The van der Waals surface area contributed by atoms with Crippen molar-refractivity contribution < 1.29 is 0 Å². The van der Waals surface area contributed by atoms with E-state index in [1.807, 2.05) is 7.05 Å². The lowest BCUT2D eigenvalue weighted by atomic mass is 10.1. The lowest BCUT2D eigenvalue weighted by Gasteiger charge is -2.01. The summed E-state index contributed by atoms with van der Waals surface area (Å²) in [5.74, 6) is 0. The zero-order chi connectivity index (χ0) is 8.69. The van der Waals surface area contributed by atoms with E-state index in [1.54, 1.807) is 0 Å². The minimum absolute atomic E-state index is 0.966. The van der Waals surface area contributed by atoms with Gasteiger partial charge < -0.3 is 5.32 Å². The molecular weight excluding hydrogens is 134 g/mol. The predicted molar refractivity (Wildman–Crippen MR) is 51.7 cm³/mol. The van der Waals surface area contributed by atoms with Crippen LogP contribution >= 0.6 is 0 Å². The Morgan fingerprint density at radius 1 is 1.45 bits per heavy atom. The van der Waals surface area contributed by atoms with Crippen LogP contribution in [0.1, 0.15) is 27.2 Å². The molecule has 0 aliphatic heterocycles. The summed E-state index contributed by atoms with van der Waals surface area (Å²) >= 11 is 0. The van der Waals surface area contributed by atoms with Crippen LogP contribution in [0.15, 0.2) is 23.3 Å². The first-order valence-corrected chi connectivity index (χ1v) is 4.21. The molecule has 0 unspecified atom stereocenters. The van der Waals surface area contributed by atoms with Crippen molar-refractivity contribution in [2.45, 2.75) is 27.2 Å². The van der Waals surface area contributed by atoms with Crippen LogP contribution in [0, 0.1) is 0 Å². The average Bonchev–Trinajstić information content (AvgIpc) is 2.03. The second kappa shape index (κ2) is 6.17. The summed E-state index contributed by atoms with van der Waals surface area (Å²) in [6.07, 6.45) is 5.53. The van der Waals surface area contributed by atoms with E-state index in [-0.39, 0.29) is 0 Å². The van der Waals surface area contributed by atoms with Gasteiger partial charge in [0.1, 0.15) is 0 Å². The summed E-state index contributed by atoms with van der Waals surface area (Å²) in [6.45, 7) is 7.39. The van der Waals surface area contributed by atoms with Gasteiger partial charge in [0.05, 0.1) is 0 Å². The van der Waals surface area contributed by atoms with Crippen molar-refractivity contribution in [1.82, 2.24) is 5.32 Å². The molecule has 0 aromatic rings. The molecule has 0 atom stereocenters. The van der Waals surface area contributed by atoms with E-state index in [1.165, 1.54) is 11.1 Å². The maximum absolute atomic E-state index is 3.14. The van der Waals surface area contributed by atoms with Gasteiger partial charge in [-0.3, -0.25) is 0 Å². The number of hydrogen-bond donors (Lipinski definition) is 1. The third-order valence-electron chi connectivity index (χ3n) is 1.74. The minimum Gasteiger partial charge on any atom is -0.316 e. The van der Waals surface area contributed by atoms with Crippen molar-refractivity contribution in [2.75, 3.05) is 13.6 Å². The lowest BCUT2D eigenvalue weighted by molar-refractivity contribution is 0.890. The van der Waals surface area contributed by atoms with Gasteiger partial charge in [0.25, 0.3) is 0 Å². The Balaban J connectivity index is 4.07. The Labute approximate surface area is 70.2 Å². The van der Waals surface area contributed by atoms with Gasteiger partial charge in [0.15, 0.2) is 0 Å². The van der Waals surface area contributed by atoms with E-state index >= 15 is 0 Å². The fourth-order valence-corrected chi connectivity index (χ4v) is 0.859. The quantitative estimate of drug-likeness (QED) is 0.612. The maximum atomic E-state index is 3.14. The van der Waals surface area contributed by atoms with E-state index < -0.39 is 0 Å². The van der Waals surface area contributed by atoms with Crippen LogP contribution in [-0.4, -0.2) is 13.6 Å². The molecule has 1 nitrogen and oxygen atoms in total. The molecule has 0 aromatic carbocycles. The van der Waals surface area contributed by atoms with Crippen molar-refractivity contribution in [3.8, 4) is 0 Å². The first kappa shape index (κ1) is 10.4. The minimum atomic E-state index is 0.966.